The van der Waals surface area contributed by atoms with Crippen LogP contribution in [-0.4, -0.2) is 13.3 Å². The topological polar surface area (TPSA) is 22.1 Å². The van der Waals surface area contributed by atoms with Crippen LogP contribution in [0.5, 0.6) is 5.75 Å². The summed E-state index contributed by atoms with van der Waals surface area (Å²) in [6, 6.07) is 3.11. The highest BCUT2D eigenvalue weighted by atomic mass is 28.4. The van der Waals surface area contributed by atoms with E-state index in [0.717, 1.165) is 11.8 Å². The third-order valence-corrected chi connectivity index (χ3v) is 4.70. The third kappa shape index (κ3) is 2.84. The highest BCUT2D eigenvalue weighted by Crippen LogP contribution is 2.20. The maximum Gasteiger partial charge on any atom is 0.245 e. The number of aromatic nitrogens is 1. The van der Waals surface area contributed by atoms with Crippen LogP contribution in [0.2, 0.25) is 19.1 Å². The van der Waals surface area contributed by atoms with Gasteiger partial charge in [0.25, 0.3) is 0 Å². The predicted octanol–water partition coefficient (Wildman–Crippen LogP) is 2.99. The molecule has 72 valence electrons. The first-order valence-corrected chi connectivity index (χ1v) is 7.76. The van der Waals surface area contributed by atoms with E-state index >= 15 is 0 Å². The molecule has 0 aromatic carbocycles. The molecular formula is C10H17NOSi. The van der Waals surface area contributed by atoms with E-state index < -0.39 is 8.32 Å². The monoisotopic (exact) mass is 195 g/mol. The van der Waals surface area contributed by atoms with Crippen LogP contribution in [0.25, 0.3) is 0 Å². The zero-order valence-corrected chi connectivity index (χ0v) is 9.79. The van der Waals surface area contributed by atoms with E-state index in [1.54, 1.807) is 12.4 Å². The normalized spacial score (nSPS) is 11.4. The molecule has 0 aliphatic heterocycles. The quantitative estimate of drug-likeness (QED) is 0.692. The Morgan fingerprint density at radius 1 is 1.46 bits per heavy atom. The number of rotatable bonds is 3. The van der Waals surface area contributed by atoms with Gasteiger partial charge in [-0.3, -0.25) is 4.98 Å². The third-order valence-electron chi connectivity index (χ3n) is 2.23. The molecule has 0 saturated heterocycles. The van der Waals surface area contributed by atoms with E-state index in [1.165, 1.54) is 5.56 Å². The maximum absolute atomic E-state index is 5.96. The molecule has 0 N–H and O–H groups in total. The lowest BCUT2D eigenvalue weighted by atomic mass is 10.3. The second-order valence-electron chi connectivity index (χ2n) is 3.86. The Bertz CT molecular complexity index is 286. The summed E-state index contributed by atoms with van der Waals surface area (Å²) in [6.45, 7) is 8.67. The number of pyridine rings is 1. The molecule has 0 amide bonds. The first-order valence-electron chi connectivity index (χ1n) is 4.65. The Hall–Kier alpha value is -0.833. The maximum atomic E-state index is 5.96. The predicted molar refractivity (Wildman–Crippen MR) is 57.6 cm³/mol. The summed E-state index contributed by atoms with van der Waals surface area (Å²) in [6.07, 6.45) is 3.60. The fraction of sp³-hybridized carbons (Fsp3) is 0.500. The average molecular weight is 195 g/mol. The van der Waals surface area contributed by atoms with E-state index in [9.17, 15) is 0 Å². The van der Waals surface area contributed by atoms with Crippen LogP contribution in [-0.2, 0) is 0 Å². The molecule has 0 aliphatic carbocycles. The number of hydrogen-bond acceptors (Lipinski definition) is 2. The number of nitrogens with zero attached hydrogens (tertiary/aromatic N) is 1. The SMILES string of the molecule is CC[Si](C)(C)Oc1cnccc1C. The van der Waals surface area contributed by atoms with Gasteiger partial charge in [0.2, 0.25) is 8.32 Å². The molecule has 0 unspecified atom stereocenters. The number of hydrogen-bond donors (Lipinski definition) is 0. The summed E-state index contributed by atoms with van der Waals surface area (Å²) in [5, 5.41) is 0. The lowest BCUT2D eigenvalue weighted by molar-refractivity contribution is 0.542. The second kappa shape index (κ2) is 3.92. The lowest BCUT2D eigenvalue weighted by Gasteiger charge is -2.23. The van der Waals surface area contributed by atoms with Gasteiger partial charge in [-0.05, 0) is 37.7 Å². The molecule has 1 aromatic rings. The molecule has 0 radical (unpaired) electrons. The van der Waals surface area contributed by atoms with Crippen LogP contribution >= 0.6 is 0 Å². The van der Waals surface area contributed by atoms with Crippen LogP contribution < -0.4 is 4.43 Å². The van der Waals surface area contributed by atoms with Crippen molar-refractivity contribution in [1.82, 2.24) is 4.98 Å². The highest BCUT2D eigenvalue weighted by molar-refractivity contribution is 6.71. The van der Waals surface area contributed by atoms with Crippen LogP contribution in [0.1, 0.15) is 12.5 Å². The van der Waals surface area contributed by atoms with Crippen molar-refractivity contribution in [1.29, 1.82) is 0 Å². The molecule has 3 heteroatoms. The van der Waals surface area contributed by atoms with E-state index in [4.69, 9.17) is 4.43 Å². The Kier molecular flexibility index (Phi) is 3.09. The molecule has 0 aliphatic rings. The van der Waals surface area contributed by atoms with Crippen molar-refractivity contribution in [2.45, 2.75) is 33.0 Å². The molecule has 1 aromatic heterocycles. The molecule has 1 rings (SSSR count). The molecule has 0 fully saturated rings. The van der Waals surface area contributed by atoms with E-state index in [1.807, 2.05) is 6.07 Å². The minimum atomic E-state index is -1.49. The zero-order valence-electron chi connectivity index (χ0n) is 8.79. The smallest absolute Gasteiger partial charge is 0.245 e. The molecule has 0 bridgehead atoms. The summed E-state index contributed by atoms with van der Waals surface area (Å²) in [7, 11) is -1.49. The molecule has 0 spiro atoms. The summed E-state index contributed by atoms with van der Waals surface area (Å²) >= 11 is 0. The zero-order chi connectivity index (χ0) is 9.90. The highest BCUT2D eigenvalue weighted by Gasteiger charge is 2.21. The molecule has 0 saturated carbocycles. The van der Waals surface area contributed by atoms with Crippen LogP contribution in [0.4, 0.5) is 0 Å². The average Bonchev–Trinajstić information content (AvgIpc) is 2.09. The Balaban J connectivity index is 2.80. The summed E-state index contributed by atoms with van der Waals surface area (Å²) in [5.41, 5.74) is 1.17. The molecule has 13 heavy (non-hydrogen) atoms. The van der Waals surface area contributed by atoms with Gasteiger partial charge in [0.15, 0.2) is 0 Å². The standard InChI is InChI=1S/C10H17NOSi/c1-5-13(3,4)12-10-8-11-7-6-9(10)2/h6-8H,5H2,1-4H3. The minimum Gasteiger partial charge on any atom is -0.543 e. The molecule has 2 nitrogen and oxygen atoms in total. The summed E-state index contributed by atoms with van der Waals surface area (Å²) in [4.78, 5) is 4.06. The van der Waals surface area contributed by atoms with E-state index in [-0.39, 0.29) is 0 Å². The molecule has 0 atom stereocenters. The molecular weight excluding hydrogens is 178 g/mol. The van der Waals surface area contributed by atoms with Gasteiger partial charge < -0.3 is 4.43 Å². The van der Waals surface area contributed by atoms with Gasteiger partial charge in [0.05, 0.1) is 6.20 Å². The van der Waals surface area contributed by atoms with Crippen molar-refractivity contribution in [2.75, 3.05) is 0 Å². The van der Waals surface area contributed by atoms with E-state index in [0.29, 0.717) is 0 Å². The number of aryl methyl sites for hydroxylation is 1. The fourth-order valence-electron chi connectivity index (χ4n) is 0.926. The summed E-state index contributed by atoms with van der Waals surface area (Å²) < 4.78 is 5.96. The van der Waals surface area contributed by atoms with Crippen molar-refractivity contribution in [3.05, 3.63) is 24.0 Å². The van der Waals surface area contributed by atoms with Gasteiger partial charge in [-0.1, -0.05) is 6.92 Å². The second-order valence-corrected chi connectivity index (χ2v) is 8.29. The Morgan fingerprint density at radius 3 is 2.69 bits per heavy atom. The molecule has 1 heterocycles. The Labute approximate surface area is 81.1 Å². The minimum absolute atomic E-state index is 0.945. The van der Waals surface area contributed by atoms with Gasteiger partial charge >= 0.3 is 0 Å². The van der Waals surface area contributed by atoms with Crippen molar-refractivity contribution in [2.24, 2.45) is 0 Å². The lowest BCUT2D eigenvalue weighted by Crippen LogP contribution is -2.33. The van der Waals surface area contributed by atoms with Crippen molar-refractivity contribution < 1.29 is 4.43 Å². The largest absolute Gasteiger partial charge is 0.543 e. The van der Waals surface area contributed by atoms with Crippen molar-refractivity contribution in [3.8, 4) is 5.75 Å². The summed E-state index contributed by atoms with van der Waals surface area (Å²) in [5.74, 6) is 0.945. The van der Waals surface area contributed by atoms with Crippen molar-refractivity contribution >= 4 is 8.32 Å². The van der Waals surface area contributed by atoms with Gasteiger partial charge in [-0.15, -0.1) is 0 Å². The van der Waals surface area contributed by atoms with Gasteiger partial charge in [0, 0.05) is 6.20 Å². The van der Waals surface area contributed by atoms with Gasteiger partial charge in [0.1, 0.15) is 5.75 Å². The van der Waals surface area contributed by atoms with E-state index in [2.05, 4.69) is 31.9 Å². The Morgan fingerprint density at radius 2 is 2.15 bits per heavy atom. The first-order chi connectivity index (χ1) is 6.05. The fourth-order valence-corrected chi connectivity index (χ4v) is 1.88. The van der Waals surface area contributed by atoms with Crippen LogP contribution in [0, 0.1) is 6.92 Å². The van der Waals surface area contributed by atoms with Crippen LogP contribution in [0.3, 0.4) is 0 Å². The van der Waals surface area contributed by atoms with Crippen molar-refractivity contribution in [3.63, 3.8) is 0 Å². The van der Waals surface area contributed by atoms with Gasteiger partial charge in [-0.25, -0.2) is 0 Å². The first kappa shape index (κ1) is 10.2. The van der Waals surface area contributed by atoms with Gasteiger partial charge in [-0.2, -0.15) is 0 Å². The van der Waals surface area contributed by atoms with Crippen LogP contribution in [0.15, 0.2) is 18.5 Å².